The Kier molecular flexibility index (Phi) is 14.0. The molecule has 0 heterocycles. The predicted molar refractivity (Wildman–Crippen MR) is 81.1 cm³/mol. The van der Waals surface area contributed by atoms with Gasteiger partial charge in [-0.05, 0) is 12.2 Å². The maximum Gasteiger partial charge on any atom is 0.245 e. The number of amides is 2. The lowest BCUT2D eigenvalue weighted by Crippen LogP contribution is -3.00. The fourth-order valence-electron chi connectivity index (χ4n) is 1.49. The molecule has 0 aliphatic heterocycles. The quantitative estimate of drug-likeness (QED) is 0.236. The second-order valence-corrected chi connectivity index (χ2v) is 5.31. The van der Waals surface area contributed by atoms with Gasteiger partial charge in [0.05, 0.1) is 40.3 Å². The Morgan fingerprint density at radius 3 is 1.48 bits per heavy atom. The van der Waals surface area contributed by atoms with E-state index in [1.807, 2.05) is 0 Å². The third-order valence-electron chi connectivity index (χ3n) is 3.18. The van der Waals surface area contributed by atoms with E-state index in [9.17, 15) is 9.59 Å². The number of nitrogens with zero attached hydrogens (tertiary/aromatic N) is 3. The average molecular weight is 413 g/mol. The summed E-state index contributed by atoms with van der Waals surface area (Å²) in [5.41, 5.74) is 0. The first kappa shape index (κ1) is 25.0. The Morgan fingerprint density at radius 1 is 0.952 bits per heavy atom. The van der Waals surface area contributed by atoms with Gasteiger partial charge in [0.2, 0.25) is 11.8 Å². The first-order chi connectivity index (χ1) is 8.73. The zero-order valence-electron chi connectivity index (χ0n) is 13.4. The minimum atomic E-state index is -0.0704. The molecule has 0 aromatic rings. The summed E-state index contributed by atoms with van der Waals surface area (Å²) in [6.07, 6.45) is 2.63. The number of quaternary nitrogens is 1. The summed E-state index contributed by atoms with van der Waals surface area (Å²) >= 11 is 0. The van der Waals surface area contributed by atoms with Crippen molar-refractivity contribution in [3.63, 3.8) is 0 Å². The number of halogens is 1. The van der Waals surface area contributed by atoms with Gasteiger partial charge in [-0.2, -0.15) is 0 Å². The van der Waals surface area contributed by atoms with Crippen LogP contribution in [0.2, 0.25) is 0 Å². The Balaban J connectivity index is -0.00000162. The van der Waals surface area contributed by atoms with Crippen LogP contribution in [0.5, 0.6) is 0 Å². The van der Waals surface area contributed by atoms with E-state index >= 15 is 0 Å². The van der Waals surface area contributed by atoms with Gasteiger partial charge in [-0.15, -0.1) is 0 Å². The number of carbonyl (C=O) groups excluding carboxylic acids is 2. The number of hydrogen-bond donors (Lipinski definition) is 0. The van der Waals surface area contributed by atoms with Gasteiger partial charge in [0.1, 0.15) is 0 Å². The summed E-state index contributed by atoms with van der Waals surface area (Å²) in [5, 5.41) is 0. The van der Waals surface area contributed by atoms with Crippen LogP contribution in [0.1, 0.15) is 0 Å². The summed E-state index contributed by atoms with van der Waals surface area (Å²) in [7, 11) is 7.69. The molecule has 0 saturated heterocycles. The van der Waals surface area contributed by atoms with Crippen LogP contribution in [0.4, 0.5) is 0 Å². The van der Waals surface area contributed by atoms with Gasteiger partial charge in [0, 0.05) is 14.1 Å². The van der Waals surface area contributed by atoms with E-state index in [1.54, 1.807) is 23.9 Å². The molecule has 21 heavy (non-hydrogen) atoms. The Bertz CT molecular complexity index is 327. The molecule has 0 aliphatic rings. The molecule has 124 valence electrons. The molecule has 0 aromatic heterocycles. The monoisotopic (exact) mass is 413 g/mol. The molecule has 0 atom stereocenters. The predicted octanol–water partition coefficient (Wildman–Crippen LogP) is -3.47. The van der Waals surface area contributed by atoms with Crippen LogP contribution in [0.25, 0.3) is 0 Å². The minimum absolute atomic E-state index is 0. The van der Waals surface area contributed by atoms with Crippen molar-refractivity contribution in [1.29, 1.82) is 0 Å². The summed E-state index contributed by atoms with van der Waals surface area (Å²) in [5.74, 6) is -0.141. The highest BCUT2D eigenvalue weighted by molar-refractivity contribution is 5.87. The minimum Gasteiger partial charge on any atom is -1.00 e. The van der Waals surface area contributed by atoms with Crippen molar-refractivity contribution in [1.82, 2.24) is 9.80 Å². The molecule has 0 fully saturated rings. The molecular weight excluding hydrogens is 385 g/mol. The second kappa shape index (κ2) is 11.7. The topological polar surface area (TPSA) is 72.1 Å². The largest absolute Gasteiger partial charge is 1.00 e. The molecule has 0 unspecified atom stereocenters. The highest BCUT2D eigenvalue weighted by atomic mass is 127. The van der Waals surface area contributed by atoms with Crippen molar-refractivity contribution in [2.75, 3.05) is 54.4 Å². The molecule has 0 bridgehead atoms. The van der Waals surface area contributed by atoms with Crippen molar-refractivity contribution in [2.24, 2.45) is 0 Å². The maximum atomic E-state index is 11.4. The number of rotatable bonds is 8. The van der Waals surface area contributed by atoms with Crippen LogP contribution >= 0.6 is 0 Å². The molecule has 2 amide bonds. The average Bonchev–Trinajstić information content (AvgIpc) is 2.40. The fraction of sp³-hybridized carbons (Fsp3) is 0.571. The van der Waals surface area contributed by atoms with E-state index in [1.165, 1.54) is 12.2 Å². The van der Waals surface area contributed by atoms with E-state index in [0.29, 0.717) is 13.1 Å². The first-order valence-corrected chi connectivity index (χ1v) is 6.30. The Hall–Kier alpha value is -0.930. The highest BCUT2D eigenvalue weighted by Gasteiger charge is 2.18. The van der Waals surface area contributed by atoms with Crippen LogP contribution in [0.3, 0.4) is 0 Å². The molecule has 2 N–H and O–H groups in total. The second-order valence-electron chi connectivity index (χ2n) is 5.31. The summed E-state index contributed by atoms with van der Waals surface area (Å²) in [6.45, 7) is 9.91. The third kappa shape index (κ3) is 10.4. The normalized spacial score (nSPS) is 9.71. The standard InChI is InChI=1S/C14H26N3O2.HI.H2O/c1-7-13(18)15(3)9-11-17(5,6)12-10-16(4)14(19)8-2;;/h7-8H,1-2,9-12H2,3-6H3;1H;1H2/q+1;;/p-1. The van der Waals surface area contributed by atoms with Crippen LogP contribution in [-0.4, -0.2) is 85.9 Å². The smallest absolute Gasteiger partial charge is 0.245 e. The summed E-state index contributed by atoms with van der Waals surface area (Å²) in [6, 6.07) is 0. The number of hydrogen-bond acceptors (Lipinski definition) is 2. The lowest BCUT2D eigenvalue weighted by molar-refractivity contribution is -0.889. The van der Waals surface area contributed by atoms with Crippen molar-refractivity contribution in [2.45, 2.75) is 0 Å². The summed E-state index contributed by atoms with van der Waals surface area (Å²) in [4.78, 5) is 26.0. The van der Waals surface area contributed by atoms with Crippen molar-refractivity contribution >= 4 is 11.8 Å². The van der Waals surface area contributed by atoms with Gasteiger partial charge in [0.15, 0.2) is 0 Å². The molecule has 0 aromatic carbocycles. The summed E-state index contributed by atoms with van der Waals surface area (Å²) < 4.78 is 0.740. The van der Waals surface area contributed by atoms with E-state index in [4.69, 9.17) is 0 Å². The fourth-order valence-corrected chi connectivity index (χ4v) is 1.49. The van der Waals surface area contributed by atoms with Crippen LogP contribution in [0, 0.1) is 0 Å². The van der Waals surface area contributed by atoms with Gasteiger partial charge < -0.3 is 43.7 Å². The van der Waals surface area contributed by atoms with E-state index in [-0.39, 0.29) is 41.3 Å². The van der Waals surface area contributed by atoms with Gasteiger partial charge in [0.25, 0.3) is 0 Å². The SMILES string of the molecule is C=CC(=O)N(C)CC[N+](C)(C)CCN(C)C(=O)C=C.O.[I-]. The molecule has 0 saturated carbocycles. The van der Waals surface area contributed by atoms with Gasteiger partial charge >= 0.3 is 0 Å². The van der Waals surface area contributed by atoms with Crippen LogP contribution in [-0.2, 0) is 9.59 Å². The van der Waals surface area contributed by atoms with Gasteiger partial charge in [-0.1, -0.05) is 13.2 Å². The zero-order chi connectivity index (χ0) is 15.1. The van der Waals surface area contributed by atoms with Crippen molar-refractivity contribution in [3.05, 3.63) is 25.3 Å². The van der Waals surface area contributed by atoms with E-state index in [0.717, 1.165) is 17.6 Å². The van der Waals surface area contributed by atoms with Crippen molar-refractivity contribution in [3.8, 4) is 0 Å². The van der Waals surface area contributed by atoms with Gasteiger partial charge in [-0.25, -0.2) is 0 Å². The molecule has 0 spiro atoms. The first-order valence-electron chi connectivity index (χ1n) is 6.30. The molecule has 0 aliphatic carbocycles. The van der Waals surface area contributed by atoms with Gasteiger partial charge in [-0.3, -0.25) is 9.59 Å². The zero-order valence-corrected chi connectivity index (χ0v) is 15.6. The lowest BCUT2D eigenvalue weighted by Gasteiger charge is -2.32. The molecule has 0 radical (unpaired) electrons. The van der Waals surface area contributed by atoms with E-state index < -0.39 is 0 Å². The third-order valence-corrected chi connectivity index (χ3v) is 3.18. The van der Waals surface area contributed by atoms with Crippen LogP contribution in [0.15, 0.2) is 25.3 Å². The number of likely N-dealkylation sites (N-methyl/N-ethyl adjacent to an activating group) is 3. The maximum absolute atomic E-state index is 11.4. The molecule has 7 heteroatoms. The highest BCUT2D eigenvalue weighted by Crippen LogP contribution is 2.00. The molecular formula is C14H28IN3O3. The Labute approximate surface area is 145 Å². The number of carbonyl (C=O) groups is 2. The lowest BCUT2D eigenvalue weighted by atomic mass is 10.3. The van der Waals surface area contributed by atoms with Crippen molar-refractivity contribution < 1.29 is 43.5 Å². The Morgan fingerprint density at radius 2 is 1.24 bits per heavy atom. The van der Waals surface area contributed by atoms with Crippen LogP contribution < -0.4 is 24.0 Å². The van der Waals surface area contributed by atoms with E-state index in [2.05, 4.69) is 27.3 Å². The molecule has 0 rings (SSSR count). The molecule has 6 nitrogen and oxygen atoms in total.